The fourth-order valence-corrected chi connectivity index (χ4v) is 1.23. The molecular formula is C11H8F2N2O3. The van der Waals surface area contributed by atoms with Crippen molar-refractivity contribution < 1.29 is 23.5 Å². The third-order valence-electron chi connectivity index (χ3n) is 1.97. The molecule has 18 heavy (non-hydrogen) atoms. The summed E-state index contributed by atoms with van der Waals surface area (Å²) in [7, 11) is 0. The Morgan fingerprint density at radius 1 is 1.50 bits per heavy atom. The van der Waals surface area contributed by atoms with E-state index in [-0.39, 0.29) is 6.54 Å². The summed E-state index contributed by atoms with van der Waals surface area (Å²) in [6, 6.07) is 0.951. The van der Waals surface area contributed by atoms with Crippen molar-refractivity contribution in [3.05, 3.63) is 29.6 Å². The molecule has 1 amide bonds. The van der Waals surface area contributed by atoms with Crippen molar-refractivity contribution in [3.8, 4) is 12.3 Å². The van der Waals surface area contributed by atoms with Gasteiger partial charge in [0.05, 0.1) is 12.1 Å². The summed E-state index contributed by atoms with van der Waals surface area (Å²) < 4.78 is 26.1. The Hall–Kier alpha value is -2.49. The van der Waals surface area contributed by atoms with Crippen molar-refractivity contribution in [3.63, 3.8) is 0 Å². The number of amides is 1. The number of aliphatic carboxylic acids is 1. The number of carbonyl (C=O) groups excluding carboxylic acids is 1. The Morgan fingerprint density at radius 3 is 2.72 bits per heavy atom. The maximum absolute atomic E-state index is 13.3. The quantitative estimate of drug-likeness (QED) is 0.628. The van der Waals surface area contributed by atoms with Gasteiger partial charge in [0.2, 0.25) is 5.95 Å². The number of carboxylic acids is 1. The number of hydrogen-bond acceptors (Lipinski definition) is 3. The number of carbonyl (C=O) groups is 2. The standard InChI is InChI=1S/C11H8F2N2O3/c1-2-5-15(6-8(16)17)11(18)7-3-4-14-10(13)9(7)12/h1,3-4H,5-6H2,(H,16,17). The highest BCUT2D eigenvalue weighted by molar-refractivity contribution is 5.96. The van der Waals surface area contributed by atoms with Crippen LogP contribution in [0.4, 0.5) is 8.78 Å². The van der Waals surface area contributed by atoms with Gasteiger partial charge >= 0.3 is 5.97 Å². The van der Waals surface area contributed by atoms with Gasteiger partial charge in [0, 0.05) is 6.20 Å². The maximum Gasteiger partial charge on any atom is 0.323 e. The molecule has 94 valence electrons. The molecule has 0 bridgehead atoms. The van der Waals surface area contributed by atoms with Crippen molar-refractivity contribution in [2.75, 3.05) is 13.1 Å². The first-order valence-corrected chi connectivity index (χ1v) is 4.72. The van der Waals surface area contributed by atoms with Gasteiger partial charge in [0.1, 0.15) is 6.54 Å². The van der Waals surface area contributed by atoms with Gasteiger partial charge in [-0.05, 0) is 6.07 Å². The Kier molecular flexibility index (Phi) is 4.32. The molecule has 0 fully saturated rings. The van der Waals surface area contributed by atoms with Crippen LogP contribution in [0, 0.1) is 24.1 Å². The molecule has 1 aromatic heterocycles. The molecule has 5 nitrogen and oxygen atoms in total. The topological polar surface area (TPSA) is 70.5 Å². The number of aromatic nitrogens is 1. The van der Waals surface area contributed by atoms with Gasteiger partial charge in [0.25, 0.3) is 5.91 Å². The number of halogens is 2. The van der Waals surface area contributed by atoms with Crippen LogP contribution in [0.5, 0.6) is 0 Å². The van der Waals surface area contributed by atoms with Crippen LogP contribution in [0.2, 0.25) is 0 Å². The van der Waals surface area contributed by atoms with Crippen LogP contribution in [0.25, 0.3) is 0 Å². The summed E-state index contributed by atoms with van der Waals surface area (Å²) in [5, 5.41) is 8.59. The molecular weight excluding hydrogens is 246 g/mol. The second-order valence-electron chi connectivity index (χ2n) is 3.22. The molecule has 0 spiro atoms. The smallest absolute Gasteiger partial charge is 0.323 e. The van der Waals surface area contributed by atoms with E-state index in [4.69, 9.17) is 11.5 Å². The molecule has 7 heteroatoms. The minimum Gasteiger partial charge on any atom is -0.480 e. The molecule has 1 rings (SSSR count). The first kappa shape index (κ1) is 13.6. The Morgan fingerprint density at radius 2 is 2.17 bits per heavy atom. The van der Waals surface area contributed by atoms with Crippen molar-refractivity contribution >= 4 is 11.9 Å². The van der Waals surface area contributed by atoms with E-state index in [1.165, 1.54) is 0 Å². The van der Waals surface area contributed by atoms with Crippen molar-refractivity contribution in [1.82, 2.24) is 9.88 Å². The van der Waals surface area contributed by atoms with Crippen LogP contribution in [0.15, 0.2) is 12.3 Å². The number of pyridine rings is 1. The average Bonchev–Trinajstić information content (AvgIpc) is 2.31. The van der Waals surface area contributed by atoms with Gasteiger partial charge in [-0.2, -0.15) is 4.39 Å². The van der Waals surface area contributed by atoms with E-state index in [2.05, 4.69) is 10.9 Å². The zero-order valence-electron chi connectivity index (χ0n) is 9.06. The average molecular weight is 254 g/mol. The van der Waals surface area contributed by atoms with Gasteiger partial charge in [0.15, 0.2) is 5.82 Å². The van der Waals surface area contributed by atoms with Gasteiger partial charge in [-0.1, -0.05) is 5.92 Å². The predicted octanol–water partition coefficient (Wildman–Crippen LogP) is 0.520. The number of nitrogens with zero attached hydrogens (tertiary/aromatic N) is 2. The first-order chi connectivity index (χ1) is 8.47. The fourth-order valence-electron chi connectivity index (χ4n) is 1.23. The van der Waals surface area contributed by atoms with E-state index >= 15 is 0 Å². The summed E-state index contributed by atoms with van der Waals surface area (Å²) >= 11 is 0. The highest BCUT2D eigenvalue weighted by Crippen LogP contribution is 2.11. The molecule has 0 radical (unpaired) electrons. The highest BCUT2D eigenvalue weighted by Gasteiger charge is 2.22. The Balaban J connectivity index is 3.06. The first-order valence-electron chi connectivity index (χ1n) is 4.72. The van der Waals surface area contributed by atoms with E-state index in [0.717, 1.165) is 12.3 Å². The van der Waals surface area contributed by atoms with Crippen LogP contribution < -0.4 is 0 Å². The number of hydrogen-bond donors (Lipinski definition) is 1. The largest absolute Gasteiger partial charge is 0.480 e. The minimum absolute atomic E-state index is 0.325. The third kappa shape index (κ3) is 3.01. The van der Waals surface area contributed by atoms with Gasteiger partial charge < -0.3 is 10.0 Å². The SMILES string of the molecule is C#CCN(CC(=O)O)C(=O)c1ccnc(F)c1F. The molecule has 0 saturated heterocycles. The van der Waals surface area contributed by atoms with Crippen molar-refractivity contribution in [2.24, 2.45) is 0 Å². The number of terminal acetylenes is 1. The molecule has 1 aromatic rings. The monoisotopic (exact) mass is 254 g/mol. The highest BCUT2D eigenvalue weighted by atomic mass is 19.2. The molecule has 0 aromatic carbocycles. The molecule has 0 aliphatic heterocycles. The normalized spacial score (nSPS) is 9.61. The van der Waals surface area contributed by atoms with Gasteiger partial charge in [-0.3, -0.25) is 9.59 Å². The summed E-state index contributed by atoms with van der Waals surface area (Å²) in [5.74, 6) is -3.12. The zero-order valence-corrected chi connectivity index (χ0v) is 9.06. The summed E-state index contributed by atoms with van der Waals surface area (Å²) in [6.07, 6.45) is 5.88. The second kappa shape index (κ2) is 5.72. The number of rotatable bonds is 4. The fraction of sp³-hybridized carbons (Fsp3) is 0.182. The van der Waals surface area contributed by atoms with E-state index in [9.17, 15) is 18.4 Å². The molecule has 0 unspecified atom stereocenters. The van der Waals surface area contributed by atoms with E-state index in [0.29, 0.717) is 4.90 Å². The Labute approximate surface area is 101 Å². The molecule has 1 N–H and O–H groups in total. The molecule has 0 saturated carbocycles. The third-order valence-corrected chi connectivity index (χ3v) is 1.97. The van der Waals surface area contributed by atoms with E-state index in [1.54, 1.807) is 0 Å². The Bertz CT molecular complexity index is 526. The second-order valence-corrected chi connectivity index (χ2v) is 3.22. The van der Waals surface area contributed by atoms with Gasteiger partial charge in [-0.15, -0.1) is 6.42 Å². The lowest BCUT2D eigenvalue weighted by Gasteiger charge is -2.18. The summed E-state index contributed by atoms with van der Waals surface area (Å²) in [6.45, 7) is -1.03. The maximum atomic E-state index is 13.3. The van der Waals surface area contributed by atoms with Crippen LogP contribution in [0.1, 0.15) is 10.4 Å². The van der Waals surface area contributed by atoms with Crippen LogP contribution in [0.3, 0.4) is 0 Å². The summed E-state index contributed by atoms with van der Waals surface area (Å²) in [5.41, 5.74) is -0.612. The van der Waals surface area contributed by atoms with E-state index in [1.807, 2.05) is 0 Å². The molecule has 0 aliphatic rings. The lowest BCUT2D eigenvalue weighted by atomic mass is 10.2. The lowest BCUT2D eigenvalue weighted by Crippen LogP contribution is -2.36. The summed E-state index contributed by atoms with van der Waals surface area (Å²) in [4.78, 5) is 26.0. The zero-order chi connectivity index (χ0) is 13.7. The van der Waals surface area contributed by atoms with Crippen LogP contribution in [-0.4, -0.2) is 40.0 Å². The van der Waals surface area contributed by atoms with Crippen molar-refractivity contribution in [1.29, 1.82) is 0 Å². The minimum atomic E-state index is -1.44. The molecule has 1 heterocycles. The van der Waals surface area contributed by atoms with E-state index < -0.39 is 35.7 Å². The number of carboxylic acid groups (broad SMARTS) is 1. The molecule has 0 atom stereocenters. The predicted molar refractivity (Wildman–Crippen MR) is 56.5 cm³/mol. The lowest BCUT2D eigenvalue weighted by molar-refractivity contribution is -0.137. The van der Waals surface area contributed by atoms with Gasteiger partial charge in [-0.25, -0.2) is 9.37 Å². The molecule has 0 aliphatic carbocycles. The van der Waals surface area contributed by atoms with Crippen molar-refractivity contribution in [2.45, 2.75) is 0 Å². The van der Waals surface area contributed by atoms with Crippen LogP contribution >= 0.6 is 0 Å². The van der Waals surface area contributed by atoms with Crippen LogP contribution in [-0.2, 0) is 4.79 Å².